The van der Waals surface area contributed by atoms with Crippen LogP contribution in [0.4, 0.5) is 0 Å². The minimum atomic E-state index is -2.65. The zero-order valence-electron chi connectivity index (χ0n) is 16.2. The van der Waals surface area contributed by atoms with Gasteiger partial charge < -0.3 is 45.9 Å². The number of rotatable bonds is 4. The molecule has 14 nitrogen and oxygen atoms in total. The van der Waals surface area contributed by atoms with Gasteiger partial charge in [-0.05, 0) is 23.3 Å². The number of primary amides is 4. The quantitative estimate of drug-likeness (QED) is 0.203. The van der Waals surface area contributed by atoms with Crippen molar-refractivity contribution in [3.63, 3.8) is 0 Å². The van der Waals surface area contributed by atoms with Crippen LogP contribution in [0.5, 0.6) is 0 Å². The minimum absolute atomic E-state index is 0.167. The van der Waals surface area contributed by atoms with E-state index in [9.17, 15) is 28.8 Å². The highest BCUT2D eigenvalue weighted by molar-refractivity contribution is 6.62. The summed E-state index contributed by atoms with van der Waals surface area (Å²) in [7, 11) is 0. The molecular formula is C18H18N8O6. The van der Waals surface area contributed by atoms with E-state index in [1.807, 2.05) is 0 Å². The maximum atomic E-state index is 12.5. The Bertz CT molecular complexity index is 1270. The predicted octanol–water partition coefficient (Wildman–Crippen LogP) is -7.47. The number of carbonyl (C=O) groups is 6. The molecule has 0 saturated heterocycles. The fraction of sp³-hybridized carbons (Fsp3) is 0.111. The fourth-order valence-corrected chi connectivity index (χ4v) is 4.00. The molecule has 0 saturated carbocycles. The van der Waals surface area contributed by atoms with E-state index in [0.29, 0.717) is 0 Å². The highest BCUT2D eigenvalue weighted by Gasteiger charge is 2.58. The summed E-state index contributed by atoms with van der Waals surface area (Å²) in [6.45, 7) is 0. The number of hydrogen-bond acceptors (Lipinski definition) is 10. The molecule has 1 aromatic rings. The summed E-state index contributed by atoms with van der Waals surface area (Å²) in [4.78, 5) is 73.9. The lowest BCUT2D eigenvalue weighted by atomic mass is 9.63. The zero-order chi connectivity index (χ0) is 24.5. The van der Waals surface area contributed by atoms with Gasteiger partial charge in [0.2, 0.25) is 23.6 Å². The van der Waals surface area contributed by atoms with Crippen LogP contribution < -0.4 is 56.3 Å². The van der Waals surface area contributed by atoms with Gasteiger partial charge in [-0.3, -0.25) is 28.8 Å². The Morgan fingerprint density at radius 3 is 1.12 bits per heavy atom. The van der Waals surface area contributed by atoms with E-state index >= 15 is 0 Å². The third kappa shape index (κ3) is 2.41. The predicted molar refractivity (Wildman–Crippen MR) is 106 cm³/mol. The molecule has 0 fully saturated rings. The van der Waals surface area contributed by atoms with Gasteiger partial charge in [0.25, 0.3) is 11.6 Å². The average molecular weight is 442 g/mol. The number of Topliss-reactive ketones (excluding diaryl/α,β-unsaturated/α-hetero) is 2. The molecule has 1 aromatic carbocycles. The summed E-state index contributed by atoms with van der Waals surface area (Å²) in [5.41, 5.74) is 36.3. The van der Waals surface area contributed by atoms with Gasteiger partial charge in [0.15, 0.2) is 11.1 Å². The molecule has 16 N–H and O–H groups in total. The van der Waals surface area contributed by atoms with E-state index in [2.05, 4.69) is 0 Å². The van der Waals surface area contributed by atoms with Crippen LogP contribution >= 0.6 is 0 Å². The molecule has 2 atom stereocenters. The van der Waals surface area contributed by atoms with E-state index in [1.54, 1.807) is 0 Å². The molecule has 0 spiro atoms. The van der Waals surface area contributed by atoms with Crippen molar-refractivity contribution in [2.45, 2.75) is 11.1 Å². The lowest BCUT2D eigenvalue weighted by Gasteiger charge is -2.42. The lowest BCUT2D eigenvalue weighted by Crippen LogP contribution is -2.65. The van der Waals surface area contributed by atoms with Gasteiger partial charge in [0.1, 0.15) is 0 Å². The van der Waals surface area contributed by atoms with Crippen molar-refractivity contribution < 1.29 is 28.8 Å². The summed E-state index contributed by atoms with van der Waals surface area (Å²) in [5.74, 6) is -7.99. The fourth-order valence-electron chi connectivity index (χ4n) is 4.00. The van der Waals surface area contributed by atoms with E-state index in [1.165, 1.54) is 0 Å². The first-order valence-corrected chi connectivity index (χ1v) is 8.69. The van der Waals surface area contributed by atoms with Crippen molar-refractivity contribution in [3.05, 3.63) is 44.8 Å². The standard InChI is InChI=1S/C18H18N8O6/c19-9-3-1-5-6(2-4(3)10(20)12(28)11(9)27)18(26,16(24)32)8(14(22)30)7(13(21)29)17(5,25)15(23)31/h1-2H,19-20,25-26H2,(H2,21,29)(H2,22,30)(H2,23,31)(H2,24,32). The van der Waals surface area contributed by atoms with Gasteiger partial charge in [-0.2, -0.15) is 0 Å². The first kappa shape index (κ1) is 22.1. The first-order chi connectivity index (χ1) is 14.6. The first-order valence-electron chi connectivity index (χ1n) is 8.69. The Labute approximate surface area is 177 Å². The second kappa shape index (κ2) is 6.47. The Kier molecular flexibility index (Phi) is 4.47. The average Bonchev–Trinajstić information content (AvgIpc) is 2.71. The Morgan fingerprint density at radius 2 is 0.906 bits per heavy atom. The summed E-state index contributed by atoms with van der Waals surface area (Å²) in [6, 6.07) is 1.99. The molecule has 4 amide bonds. The second-order valence-corrected chi connectivity index (χ2v) is 7.25. The molecule has 0 bridgehead atoms. The second-order valence-electron chi connectivity index (χ2n) is 7.25. The van der Waals surface area contributed by atoms with Crippen molar-refractivity contribution >= 4 is 46.6 Å². The number of fused-ring (bicyclic) bond motifs is 2. The number of hydrogen-bond donors (Lipinski definition) is 8. The van der Waals surface area contributed by atoms with Crippen molar-refractivity contribution in [3.8, 4) is 0 Å². The summed E-state index contributed by atoms with van der Waals surface area (Å²) in [6.07, 6.45) is 0. The van der Waals surface area contributed by atoms with Crippen LogP contribution in [-0.2, 0) is 39.8 Å². The van der Waals surface area contributed by atoms with Crippen LogP contribution in [0.2, 0.25) is 0 Å². The van der Waals surface area contributed by atoms with Gasteiger partial charge in [-0.25, -0.2) is 0 Å². The summed E-state index contributed by atoms with van der Waals surface area (Å²) in [5, 5.41) is -0.333. The molecule has 0 aliphatic heterocycles. The van der Waals surface area contributed by atoms with Gasteiger partial charge in [0.05, 0.1) is 22.5 Å². The van der Waals surface area contributed by atoms with Crippen LogP contribution in [0.1, 0.15) is 11.1 Å². The van der Waals surface area contributed by atoms with Gasteiger partial charge >= 0.3 is 0 Å². The topological polar surface area (TPSA) is 311 Å². The summed E-state index contributed by atoms with van der Waals surface area (Å²) >= 11 is 0. The Morgan fingerprint density at radius 1 is 0.625 bits per heavy atom. The van der Waals surface area contributed by atoms with E-state index < -0.39 is 79.9 Å². The molecule has 14 heteroatoms. The number of benzene rings is 1. The number of nitrogens with two attached hydrogens (primary N) is 8. The maximum absolute atomic E-state index is 12.5. The number of carbonyl (C=O) groups excluding carboxylic acids is 6. The van der Waals surface area contributed by atoms with Gasteiger partial charge in [-0.1, -0.05) is 0 Å². The Hall–Kier alpha value is -4.56. The minimum Gasteiger partial charge on any atom is -0.395 e. The van der Waals surface area contributed by atoms with Crippen LogP contribution in [0, 0.1) is 0 Å². The highest BCUT2D eigenvalue weighted by Crippen LogP contribution is 2.44. The van der Waals surface area contributed by atoms with Crippen molar-refractivity contribution in [1.82, 2.24) is 0 Å². The largest absolute Gasteiger partial charge is 0.395 e. The molecule has 0 radical (unpaired) electrons. The molecule has 166 valence electrons. The molecule has 2 aliphatic rings. The lowest BCUT2D eigenvalue weighted by molar-refractivity contribution is -0.130. The Balaban J connectivity index is 2.76. The van der Waals surface area contributed by atoms with E-state index in [4.69, 9.17) is 45.9 Å². The molecule has 0 heterocycles. The van der Waals surface area contributed by atoms with Crippen LogP contribution in [0.3, 0.4) is 0 Å². The van der Waals surface area contributed by atoms with Crippen LogP contribution in [0.25, 0.3) is 11.4 Å². The van der Waals surface area contributed by atoms with Gasteiger partial charge in [0, 0.05) is 10.4 Å². The van der Waals surface area contributed by atoms with Crippen LogP contribution in [-0.4, -0.2) is 35.2 Å². The third-order valence-corrected chi connectivity index (χ3v) is 5.59. The number of amides is 4. The zero-order valence-corrected chi connectivity index (χ0v) is 16.2. The molecule has 2 unspecified atom stereocenters. The maximum Gasteiger partial charge on any atom is 0.251 e. The molecule has 2 aliphatic carbocycles. The van der Waals surface area contributed by atoms with Crippen molar-refractivity contribution in [2.75, 3.05) is 0 Å². The van der Waals surface area contributed by atoms with E-state index in [0.717, 1.165) is 12.1 Å². The van der Waals surface area contributed by atoms with Crippen LogP contribution in [0.15, 0.2) is 23.3 Å². The van der Waals surface area contributed by atoms with E-state index in [-0.39, 0.29) is 10.4 Å². The van der Waals surface area contributed by atoms with Gasteiger partial charge in [-0.15, -0.1) is 0 Å². The SMILES string of the molecule is NC(=O)C1=C(C(N)=O)C(N)(C(N)=O)c2cc3c(cc2C1(N)C(N)=O)=C(N)C(=O)C(=O)C=3N. The smallest absolute Gasteiger partial charge is 0.251 e. The monoisotopic (exact) mass is 442 g/mol. The summed E-state index contributed by atoms with van der Waals surface area (Å²) < 4.78 is 0. The molecule has 3 rings (SSSR count). The molecule has 0 aromatic heterocycles. The van der Waals surface area contributed by atoms with Crippen molar-refractivity contribution in [2.24, 2.45) is 45.9 Å². The number of ketones is 2. The highest BCUT2D eigenvalue weighted by atomic mass is 16.2. The third-order valence-electron chi connectivity index (χ3n) is 5.59. The van der Waals surface area contributed by atoms with Crippen molar-refractivity contribution in [1.29, 1.82) is 0 Å². The molecule has 32 heavy (non-hydrogen) atoms. The molecular weight excluding hydrogens is 424 g/mol. The normalized spacial score (nSPS) is 24.7.